The second-order valence-corrected chi connectivity index (χ2v) is 7.25. The Bertz CT molecular complexity index is 925. The Morgan fingerprint density at radius 2 is 2.09 bits per heavy atom. The van der Waals surface area contributed by atoms with E-state index in [1.807, 2.05) is 31.2 Å². The molecule has 118 valence electrons. The lowest BCUT2D eigenvalue weighted by molar-refractivity contribution is 0.155. The first-order valence-electron chi connectivity index (χ1n) is 7.88. The molecule has 23 heavy (non-hydrogen) atoms. The van der Waals surface area contributed by atoms with E-state index in [0.717, 1.165) is 40.6 Å². The normalized spacial score (nSPS) is 15.0. The van der Waals surface area contributed by atoms with Crippen LogP contribution in [0.15, 0.2) is 35.4 Å². The summed E-state index contributed by atoms with van der Waals surface area (Å²) < 4.78 is 1.54. The highest BCUT2D eigenvalue weighted by molar-refractivity contribution is 7.18. The van der Waals surface area contributed by atoms with Crippen molar-refractivity contribution in [3.05, 3.63) is 62.5 Å². The lowest BCUT2D eigenvalue weighted by Gasteiger charge is -2.13. The molecule has 1 aromatic carbocycles. The summed E-state index contributed by atoms with van der Waals surface area (Å²) in [7, 11) is 0. The second-order valence-electron chi connectivity index (χ2n) is 6.17. The van der Waals surface area contributed by atoms with Gasteiger partial charge in [0.05, 0.1) is 24.4 Å². The number of benzene rings is 1. The van der Waals surface area contributed by atoms with Crippen LogP contribution in [0.2, 0.25) is 0 Å². The number of aryl methyl sites for hydroxylation is 3. The number of fused-ring (bicyclic) bond motifs is 3. The largest absolute Gasteiger partial charge is 0.387 e. The summed E-state index contributed by atoms with van der Waals surface area (Å²) in [6.07, 6.45) is 4.00. The zero-order chi connectivity index (χ0) is 16.0. The number of aromatic nitrogens is 2. The molecule has 1 unspecified atom stereocenters. The molecule has 5 heteroatoms. The monoisotopic (exact) mass is 326 g/mol. The Hall–Kier alpha value is -1.98. The van der Waals surface area contributed by atoms with E-state index in [1.54, 1.807) is 17.7 Å². The highest BCUT2D eigenvalue weighted by Crippen LogP contribution is 2.34. The summed E-state index contributed by atoms with van der Waals surface area (Å²) in [6.45, 7) is 2.24. The van der Waals surface area contributed by atoms with Crippen LogP contribution in [0.1, 0.15) is 34.1 Å². The summed E-state index contributed by atoms with van der Waals surface area (Å²) >= 11 is 1.64. The molecule has 0 aliphatic heterocycles. The third-order valence-corrected chi connectivity index (χ3v) is 5.72. The Balaban J connectivity index is 1.70. The second kappa shape index (κ2) is 5.58. The average molecular weight is 326 g/mol. The fraction of sp³-hybridized carbons (Fsp3) is 0.333. The van der Waals surface area contributed by atoms with Gasteiger partial charge in [0.25, 0.3) is 5.56 Å². The maximum atomic E-state index is 12.8. The molecule has 2 aromatic heterocycles. The van der Waals surface area contributed by atoms with Crippen LogP contribution in [-0.2, 0) is 19.4 Å². The Morgan fingerprint density at radius 3 is 2.87 bits per heavy atom. The number of hydrogen-bond donors (Lipinski definition) is 1. The van der Waals surface area contributed by atoms with Gasteiger partial charge in [0.2, 0.25) is 0 Å². The zero-order valence-corrected chi connectivity index (χ0v) is 13.8. The van der Waals surface area contributed by atoms with Gasteiger partial charge in [-0.3, -0.25) is 9.36 Å². The number of aliphatic hydroxyl groups excluding tert-OH is 1. The summed E-state index contributed by atoms with van der Waals surface area (Å²) in [4.78, 5) is 19.4. The lowest BCUT2D eigenvalue weighted by atomic mass is 10.1. The van der Waals surface area contributed by atoms with Crippen LogP contribution < -0.4 is 5.56 Å². The van der Waals surface area contributed by atoms with Crippen molar-refractivity contribution in [1.29, 1.82) is 0 Å². The number of hydrogen-bond acceptors (Lipinski definition) is 4. The van der Waals surface area contributed by atoms with Crippen LogP contribution in [0.5, 0.6) is 0 Å². The quantitative estimate of drug-likeness (QED) is 0.805. The zero-order valence-electron chi connectivity index (χ0n) is 13.0. The van der Waals surface area contributed by atoms with E-state index in [9.17, 15) is 9.90 Å². The molecular weight excluding hydrogens is 308 g/mol. The molecule has 1 N–H and O–H groups in total. The minimum absolute atomic E-state index is 0.0273. The Labute approximate surface area is 138 Å². The Kier molecular flexibility index (Phi) is 3.54. The Morgan fingerprint density at radius 1 is 1.30 bits per heavy atom. The molecule has 4 nitrogen and oxygen atoms in total. The fourth-order valence-electron chi connectivity index (χ4n) is 3.23. The van der Waals surface area contributed by atoms with Crippen molar-refractivity contribution in [2.24, 2.45) is 0 Å². The standard InChI is InChI=1S/C18H18N2O2S/c1-11-5-7-12(8-6-11)14(21)9-20-10-19-17-16(18(20)22)13-3-2-4-15(13)23-17/h5-8,10,14,21H,2-4,9H2,1H3. The van der Waals surface area contributed by atoms with Gasteiger partial charge in [-0.15, -0.1) is 11.3 Å². The van der Waals surface area contributed by atoms with E-state index < -0.39 is 6.10 Å². The van der Waals surface area contributed by atoms with E-state index in [-0.39, 0.29) is 12.1 Å². The van der Waals surface area contributed by atoms with Crippen LogP contribution >= 0.6 is 11.3 Å². The van der Waals surface area contributed by atoms with Crippen molar-refractivity contribution in [2.75, 3.05) is 0 Å². The first-order chi connectivity index (χ1) is 11.1. The van der Waals surface area contributed by atoms with Crippen molar-refractivity contribution >= 4 is 21.6 Å². The van der Waals surface area contributed by atoms with Gasteiger partial charge in [-0.2, -0.15) is 0 Å². The molecule has 0 spiro atoms. The molecule has 0 amide bonds. The summed E-state index contributed by atoms with van der Waals surface area (Å²) in [5.41, 5.74) is 3.12. The van der Waals surface area contributed by atoms with Gasteiger partial charge in [0, 0.05) is 4.88 Å². The first-order valence-corrected chi connectivity index (χ1v) is 8.69. The lowest BCUT2D eigenvalue weighted by Crippen LogP contribution is -2.23. The third kappa shape index (κ3) is 2.50. The molecule has 2 heterocycles. The summed E-state index contributed by atoms with van der Waals surface area (Å²) in [5.74, 6) is 0. The fourth-order valence-corrected chi connectivity index (χ4v) is 4.45. The van der Waals surface area contributed by atoms with Crippen LogP contribution in [-0.4, -0.2) is 14.7 Å². The number of nitrogens with zero attached hydrogens (tertiary/aromatic N) is 2. The van der Waals surface area contributed by atoms with Gasteiger partial charge in [-0.25, -0.2) is 4.98 Å². The van der Waals surface area contributed by atoms with Gasteiger partial charge in [-0.1, -0.05) is 29.8 Å². The van der Waals surface area contributed by atoms with Crippen LogP contribution in [0, 0.1) is 6.92 Å². The van der Waals surface area contributed by atoms with Crippen molar-refractivity contribution in [2.45, 2.75) is 38.8 Å². The molecule has 1 aliphatic rings. The average Bonchev–Trinajstić information content (AvgIpc) is 3.11. The van der Waals surface area contributed by atoms with Crippen LogP contribution in [0.25, 0.3) is 10.2 Å². The summed E-state index contributed by atoms with van der Waals surface area (Å²) in [6, 6.07) is 7.74. The molecule has 0 fully saturated rings. The molecule has 1 aliphatic carbocycles. The first kappa shape index (κ1) is 14.6. The molecule has 4 rings (SSSR count). The van der Waals surface area contributed by atoms with Crippen molar-refractivity contribution in [1.82, 2.24) is 9.55 Å². The molecule has 0 radical (unpaired) electrons. The molecule has 1 atom stereocenters. The molecule has 0 bridgehead atoms. The summed E-state index contributed by atoms with van der Waals surface area (Å²) in [5, 5.41) is 11.2. The predicted molar refractivity (Wildman–Crippen MR) is 92.0 cm³/mol. The van der Waals surface area contributed by atoms with Crippen molar-refractivity contribution in [3.63, 3.8) is 0 Å². The van der Waals surface area contributed by atoms with E-state index in [4.69, 9.17) is 0 Å². The van der Waals surface area contributed by atoms with Gasteiger partial charge >= 0.3 is 0 Å². The minimum Gasteiger partial charge on any atom is -0.387 e. The minimum atomic E-state index is -0.709. The molecule has 0 saturated carbocycles. The van der Waals surface area contributed by atoms with Gasteiger partial charge < -0.3 is 5.11 Å². The number of rotatable bonds is 3. The van der Waals surface area contributed by atoms with E-state index in [1.165, 1.54) is 15.0 Å². The van der Waals surface area contributed by atoms with Gasteiger partial charge in [0.15, 0.2) is 0 Å². The van der Waals surface area contributed by atoms with E-state index in [2.05, 4.69) is 4.98 Å². The maximum Gasteiger partial charge on any atom is 0.262 e. The number of aliphatic hydroxyl groups is 1. The van der Waals surface area contributed by atoms with Gasteiger partial charge in [-0.05, 0) is 37.3 Å². The number of thiophene rings is 1. The third-order valence-electron chi connectivity index (χ3n) is 4.52. The smallest absolute Gasteiger partial charge is 0.262 e. The highest BCUT2D eigenvalue weighted by Gasteiger charge is 2.21. The van der Waals surface area contributed by atoms with Crippen molar-refractivity contribution < 1.29 is 5.11 Å². The maximum absolute atomic E-state index is 12.8. The molecule has 0 saturated heterocycles. The molecular formula is C18H18N2O2S. The van der Waals surface area contributed by atoms with E-state index >= 15 is 0 Å². The SMILES string of the molecule is Cc1ccc(C(O)Cn2cnc3sc4c(c3c2=O)CCC4)cc1. The van der Waals surface area contributed by atoms with E-state index in [0.29, 0.717) is 0 Å². The van der Waals surface area contributed by atoms with Crippen molar-refractivity contribution in [3.8, 4) is 0 Å². The van der Waals surface area contributed by atoms with Crippen LogP contribution in [0.4, 0.5) is 0 Å². The highest BCUT2D eigenvalue weighted by atomic mass is 32.1. The topological polar surface area (TPSA) is 55.1 Å². The molecule has 3 aromatic rings. The van der Waals surface area contributed by atoms with Crippen LogP contribution in [0.3, 0.4) is 0 Å². The predicted octanol–water partition coefficient (Wildman–Crippen LogP) is 2.99. The van der Waals surface area contributed by atoms with Gasteiger partial charge in [0.1, 0.15) is 4.83 Å².